The molecule has 98 valence electrons. The maximum Gasteiger partial charge on any atom is 0.0439 e. The Kier molecular flexibility index (Phi) is 3.57. The molecule has 0 aromatic heterocycles. The Bertz CT molecular complexity index is 446. The molecule has 2 bridgehead atoms. The quantitative estimate of drug-likeness (QED) is 0.880. The lowest BCUT2D eigenvalue weighted by molar-refractivity contribution is 0.280. The third kappa shape index (κ3) is 2.41. The minimum absolute atomic E-state index is 0.233. The van der Waals surface area contributed by atoms with E-state index in [0.717, 1.165) is 33.9 Å². The van der Waals surface area contributed by atoms with Crippen molar-refractivity contribution in [2.24, 2.45) is 23.5 Å². The number of hydrogen-bond donors (Lipinski definition) is 1. The number of rotatable bonds is 3. The molecule has 0 saturated heterocycles. The summed E-state index contributed by atoms with van der Waals surface area (Å²) in [5.41, 5.74) is 7.51. The average molecular weight is 284 g/mol. The van der Waals surface area contributed by atoms with Crippen molar-refractivity contribution in [1.82, 2.24) is 0 Å². The third-order valence-corrected chi connectivity index (χ3v) is 5.41. The zero-order valence-electron chi connectivity index (χ0n) is 10.4. The molecule has 2 aliphatic rings. The van der Waals surface area contributed by atoms with Gasteiger partial charge in [-0.3, -0.25) is 0 Å². The Morgan fingerprint density at radius 2 is 2.06 bits per heavy atom. The van der Waals surface area contributed by atoms with Crippen LogP contribution < -0.4 is 5.73 Å². The Labute approximate surface area is 119 Å². The SMILES string of the molecule is NC(Cc1cc(Cl)ccc1Cl)C1CC2CCC1C2. The zero-order chi connectivity index (χ0) is 12.7. The molecule has 0 radical (unpaired) electrons. The van der Waals surface area contributed by atoms with Crippen LogP contribution in [0.2, 0.25) is 10.0 Å². The molecule has 1 aromatic rings. The second kappa shape index (κ2) is 5.03. The molecular formula is C15H19Cl2N. The van der Waals surface area contributed by atoms with Crippen LogP contribution in [0, 0.1) is 17.8 Å². The van der Waals surface area contributed by atoms with Gasteiger partial charge in [-0.25, -0.2) is 0 Å². The number of fused-ring (bicyclic) bond motifs is 2. The monoisotopic (exact) mass is 283 g/mol. The molecule has 0 aliphatic heterocycles. The fraction of sp³-hybridized carbons (Fsp3) is 0.600. The highest BCUT2D eigenvalue weighted by Gasteiger charge is 2.41. The molecule has 0 spiro atoms. The maximum absolute atomic E-state index is 6.41. The van der Waals surface area contributed by atoms with Gasteiger partial charge in [-0.05, 0) is 67.2 Å². The van der Waals surface area contributed by atoms with E-state index in [1.807, 2.05) is 18.2 Å². The molecule has 4 unspecified atom stereocenters. The highest BCUT2D eigenvalue weighted by Crippen LogP contribution is 2.49. The van der Waals surface area contributed by atoms with E-state index in [0.29, 0.717) is 5.92 Å². The molecule has 0 heterocycles. The number of hydrogen-bond acceptors (Lipinski definition) is 1. The highest BCUT2D eigenvalue weighted by molar-refractivity contribution is 6.33. The summed E-state index contributed by atoms with van der Waals surface area (Å²) >= 11 is 12.2. The van der Waals surface area contributed by atoms with Crippen molar-refractivity contribution in [2.45, 2.75) is 38.1 Å². The van der Waals surface area contributed by atoms with E-state index in [9.17, 15) is 0 Å². The van der Waals surface area contributed by atoms with Gasteiger partial charge in [-0.15, -0.1) is 0 Å². The van der Waals surface area contributed by atoms with Crippen molar-refractivity contribution in [1.29, 1.82) is 0 Å². The molecular weight excluding hydrogens is 265 g/mol. The Balaban J connectivity index is 1.70. The third-order valence-electron chi connectivity index (χ3n) is 4.81. The molecule has 2 aliphatic carbocycles. The summed E-state index contributed by atoms with van der Waals surface area (Å²) in [7, 11) is 0. The van der Waals surface area contributed by atoms with Gasteiger partial charge in [0.25, 0.3) is 0 Å². The van der Waals surface area contributed by atoms with Crippen LogP contribution in [0.5, 0.6) is 0 Å². The predicted octanol–water partition coefficient (Wildman–Crippen LogP) is 4.30. The lowest BCUT2D eigenvalue weighted by Gasteiger charge is -2.28. The predicted molar refractivity (Wildman–Crippen MR) is 77.1 cm³/mol. The highest BCUT2D eigenvalue weighted by atomic mass is 35.5. The molecule has 2 N–H and O–H groups in total. The van der Waals surface area contributed by atoms with E-state index in [1.165, 1.54) is 25.7 Å². The van der Waals surface area contributed by atoms with Gasteiger partial charge in [0.1, 0.15) is 0 Å². The van der Waals surface area contributed by atoms with E-state index in [2.05, 4.69) is 0 Å². The molecule has 4 atom stereocenters. The van der Waals surface area contributed by atoms with Crippen LogP contribution >= 0.6 is 23.2 Å². The van der Waals surface area contributed by atoms with E-state index in [1.54, 1.807) is 0 Å². The lowest BCUT2D eigenvalue weighted by atomic mass is 9.81. The standard InChI is InChI=1S/C15H19Cl2N/c16-12-3-4-14(17)11(7-12)8-15(18)13-6-9-1-2-10(13)5-9/h3-4,7,9-10,13,15H,1-2,5-6,8,18H2. The van der Waals surface area contributed by atoms with Crippen LogP contribution in [0.4, 0.5) is 0 Å². The smallest absolute Gasteiger partial charge is 0.0439 e. The minimum Gasteiger partial charge on any atom is -0.327 e. The number of nitrogens with two attached hydrogens (primary N) is 1. The molecule has 3 rings (SSSR count). The fourth-order valence-electron chi connectivity index (χ4n) is 3.92. The second-order valence-corrected chi connectivity index (χ2v) is 6.79. The summed E-state index contributed by atoms with van der Waals surface area (Å²) in [6.07, 6.45) is 6.39. The first-order valence-corrected chi connectivity index (χ1v) is 7.58. The first-order chi connectivity index (χ1) is 8.63. The summed E-state index contributed by atoms with van der Waals surface area (Å²) in [4.78, 5) is 0. The summed E-state index contributed by atoms with van der Waals surface area (Å²) < 4.78 is 0. The molecule has 2 saturated carbocycles. The van der Waals surface area contributed by atoms with Crippen LogP contribution in [0.25, 0.3) is 0 Å². The molecule has 1 nitrogen and oxygen atoms in total. The largest absolute Gasteiger partial charge is 0.327 e. The minimum atomic E-state index is 0.233. The summed E-state index contributed by atoms with van der Waals surface area (Å²) in [6, 6.07) is 5.89. The Morgan fingerprint density at radius 1 is 1.22 bits per heavy atom. The molecule has 3 heteroatoms. The van der Waals surface area contributed by atoms with Gasteiger partial charge in [-0.1, -0.05) is 29.6 Å². The Morgan fingerprint density at radius 3 is 2.72 bits per heavy atom. The van der Waals surface area contributed by atoms with Crippen molar-refractivity contribution in [3.63, 3.8) is 0 Å². The number of benzene rings is 1. The van der Waals surface area contributed by atoms with Crippen LogP contribution in [0.15, 0.2) is 18.2 Å². The molecule has 0 amide bonds. The average Bonchev–Trinajstić information content (AvgIpc) is 2.96. The first kappa shape index (κ1) is 12.8. The molecule has 2 fully saturated rings. The number of halogens is 2. The van der Waals surface area contributed by atoms with Crippen LogP contribution in [0.3, 0.4) is 0 Å². The van der Waals surface area contributed by atoms with E-state index in [-0.39, 0.29) is 6.04 Å². The van der Waals surface area contributed by atoms with Gasteiger partial charge in [0, 0.05) is 16.1 Å². The van der Waals surface area contributed by atoms with Crippen molar-refractivity contribution in [2.75, 3.05) is 0 Å². The van der Waals surface area contributed by atoms with Crippen molar-refractivity contribution in [3.8, 4) is 0 Å². The Hall–Kier alpha value is -0.240. The summed E-state index contributed by atoms with van der Waals surface area (Å²) in [5.74, 6) is 2.50. The second-order valence-electron chi connectivity index (χ2n) is 5.94. The fourth-order valence-corrected chi connectivity index (χ4v) is 4.31. The summed E-state index contributed by atoms with van der Waals surface area (Å²) in [6.45, 7) is 0. The van der Waals surface area contributed by atoms with Crippen LogP contribution in [-0.2, 0) is 6.42 Å². The van der Waals surface area contributed by atoms with Gasteiger partial charge in [-0.2, -0.15) is 0 Å². The zero-order valence-corrected chi connectivity index (χ0v) is 11.9. The van der Waals surface area contributed by atoms with E-state index >= 15 is 0 Å². The lowest BCUT2D eigenvalue weighted by Crippen LogP contribution is -2.35. The summed E-state index contributed by atoms with van der Waals surface area (Å²) in [5, 5.41) is 1.53. The van der Waals surface area contributed by atoms with Crippen LogP contribution in [0.1, 0.15) is 31.2 Å². The van der Waals surface area contributed by atoms with Gasteiger partial charge in [0.15, 0.2) is 0 Å². The normalized spacial score (nSPS) is 31.8. The maximum atomic E-state index is 6.41. The van der Waals surface area contributed by atoms with Crippen molar-refractivity contribution in [3.05, 3.63) is 33.8 Å². The van der Waals surface area contributed by atoms with Gasteiger partial charge < -0.3 is 5.73 Å². The van der Waals surface area contributed by atoms with E-state index < -0.39 is 0 Å². The van der Waals surface area contributed by atoms with Crippen molar-refractivity contribution < 1.29 is 0 Å². The topological polar surface area (TPSA) is 26.0 Å². The first-order valence-electron chi connectivity index (χ1n) is 6.83. The molecule has 1 aromatic carbocycles. The molecule has 18 heavy (non-hydrogen) atoms. The van der Waals surface area contributed by atoms with Crippen LogP contribution in [-0.4, -0.2) is 6.04 Å². The van der Waals surface area contributed by atoms with E-state index in [4.69, 9.17) is 28.9 Å². The van der Waals surface area contributed by atoms with Gasteiger partial charge in [0.2, 0.25) is 0 Å². The van der Waals surface area contributed by atoms with Crippen molar-refractivity contribution >= 4 is 23.2 Å². The van der Waals surface area contributed by atoms with Gasteiger partial charge in [0.05, 0.1) is 0 Å². The van der Waals surface area contributed by atoms with Gasteiger partial charge >= 0.3 is 0 Å².